The molecule has 3 unspecified atom stereocenters. The maximum Gasteiger partial charge on any atom is 0.303 e. The molecule has 1 saturated heterocycles. The normalized spacial score (nSPS) is 22.0. The van der Waals surface area contributed by atoms with Crippen molar-refractivity contribution in [3.05, 3.63) is 0 Å². The lowest BCUT2D eigenvalue weighted by atomic mass is 9.97. The molecular formula is C19H32O4. The van der Waals surface area contributed by atoms with Crippen molar-refractivity contribution in [1.29, 1.82) is 0 Å². The number of carboxylic acid groups (broad SMARTS) is 1. The van der Waals surface area contributed by atoms with Crippen molar-refractivity contribution in [2.24, 2.45) is 0 Å². The molecule has 0 spiro atoms. The van der Waals surface area contributed by atoms with Crippen molar-refractivity contribution < 1.29 is 19.7 Å². The topological polar surface area (TPSA) is 70.1 Å². The average Bonchev–Trinajstić information content (AvgIpc) is 3.23. The van der Waals surface area contributed by atoms with E-state index in [1.165, 1.54) is 19.3 Å². The van der Waals surface area contributed by atoms with Gasteiger partial charge in [-0.3, -0.25) is 4.79 Å². The number of ether oxygens (including phenoxy) is 1. The van der Waals surface area contributed by atoms with E-state index in [2.05, 4.69) is 18.8 Å². The van der Waals surface area contributed by atoms with Crippen LogP contribution in [0.1, 0.15) is 84.5 Å². The molecule has 1 fully saturated rings. The van der Waals surface area contributed by atoms with Crippen molar-refractivity contribution in [3.63, 3.8) is 0 Å². The van der Waals surface area contributed by atoms with Crippen molar-refractivity contribution in [1.82, 2.24) is 0 Å². The maximum atomic E-state index is 10.4. The zero-order valence-corrected chi connectivity index (χ0v) is 14.6. The number of aliphatic carboxylic acids is 1. The Morgan fingerprint density at radius 1 is 1.13 bits per heavy atom. The number of aliphatic hydroxyl groups is 1. The van der Waals surface area contributed by atoms with Crippen LogP contribution in [0.15, 0.2) is 0 Å². The summed E-state index contributed by atoms with van der Waals surface area (Å²) in [5.41, 5.74) is -0.943. The zero-order valence-electron chi connectivity index (χ0n) is 14.6. The van der Waals surface area contributed by atoms with Gasteiger partial charge in [0.2, 0.25) is 0 Å². The van der Waals surface area contributed by atoms with Gasteiger partial charge in [-0.15, -0.1) is 0 Å². The fourth-order valence-electron chi connectivity index (χ4n) is 2.65. The smallest absolute Gasteiger partial charge is 0.303 e. The largest absolute Gasteiger partial charge is 0.481 e. The Labute approximate surface area is 140 Å². The number of unbranched alkanes of at least 4 members (excludes halogenated alkanes) is 6. The Hall–Kier alpha value is -1.05. The molecule has 2 N–H and O–H groups in total. The molecule has 0 saturated carbocycles. The quantitative estimate of drug-likeness (QED) is 0.324. The van der Waals surface area contributed by atoms with Gasteiger partial charge in [0.1, 0.15) is 11.7 Å². The summed E-state index contributed by atoms with van der Waals surface area (Å²) in [5.74, 6) is 5.30. The van der Waals surface area contributed by atoms with Crippen LogP contribution in [0.2, 0.25) is 0 Å². The summed E-state index contributed by atoms with van der Waals surface area (Å²) in [7, 11) is 0. The van der Waals surface area contributed by atoms with E-state index in [0.717, 1.165) is 38.5 Å². The Morgan fingerprint density at radius 3 is 2.52 bits per heavy atom. The third-order valence-electron chi connectivity index (χ3n) is 4.21. The fourth-order valence-corrected chi connectivity index (χ4v) is 2.65. The van der Waals surface area contributed by atoms with Gasteiger partial charge in [-0.05, 0) is 32.6 Å². The molecule has 1 rings (SSSR count). The van der Waals surface area contributed by atoms with E-state index >= 15 is 0 Å². The minimum atomic E-state index is -0.943. The number of carboxylic acids is 1. The SMILES string of the molecule is CCCCCC1OC1C#CC(C)(O)CCCCCCCC(=O)O. The van der Waals surface area contributed by atoms with Gasteiger partial charge in [-0.2, -0.15) is 0 Å². The summed E-state index contributed by atoms with van der Waals surface area (Å²) in [6.45, 7) is 3.95. The highest BCUT2D eigenvalue weighted by Gasteiger charge is 2.36. The van der Waals surface area contributed by atoms with E-state index < -0.39 is 11.6 Å². The molecule has 23 heavy (non-hydrogen) atoms. The molecule has 0 bridgehead atoms. The lowest BCUT2D eigenvalue weighted by molar-refractivity contribution is -0.137. The van der Waals surface area contributed by atoms with Crippen LogP contribution in [0.4, 0.5) is 0 Å². The Morgan fingerprint density at radius 2 is 1.83 bits per heavy atom. The van der Waals surface area contributed by atoms with E-state index in [9.17, 15) is 9.90 Å². The molecule has 3 atom stereocenters. The predicted octanol–water partition coefficient (Wildman–Crippen LogP) is 3.90. The van der Waals surface area contributed by atoms with E-state index in [-0.39, 0.29) is 18.6 Å². The van der Waals surface area contributed by atoms with Crippen molar-refractivity contribution >= 4 is 5.97 Å². The molecule has 0 radical (unpaired) electrons. The number of hydrogen-bond acceptors (Lipinski definition) is 3. The number of hydrogen-bond donors (Lipinski definition) is 2. The second-order valence-corrected chi connectivity index (χ2v) is 6.80. The molecule has 1 heterocycles. The molecule has 0 aromatic rings. The molecule has 1 aliphatic rings. The monoisotopic (exact) mass is 324 g/mol. The zero-order chi connectivity index (χ0) is 17.1. The van der Waals surface area contributed by atoms with Crippen molar-refractivity contribution in [2.45, 2.75) is 102 Å². The lowest BCUT2D eigenvalue weighted by Gasteiger charge is -2.15. The summed E-state index contributed by atoms with van der Waals surface area (Å²) in [6.07, 6.45) is 10.6. The van der Waals surface area contributed by atoms with Crippen molar-refractivity contribution in [2.75, 3.05) is 0 Å². The third-order valence-corrected chi connectivity index (χ3v) is 4.21. The molecule has 0 aromatic heterocycles. The van der Waals surface area contributed by atoms with Gasteiger partial charge >= 0.3 is 5.97 Å². The van der Waals surface area contributed by atoms with Crippen LogP contribution in [0.5, 0.6) is 0 Å². The van der Waals surface area contributed by atoms with Gasteiger partial charge in [0.25, 0.3) is 0 Å². The van der Waals surface area contributed by atoms with Gasteiger partial charge in [-0.1, -0.05) is 57.3 Å². The van der Waals surface area contributed by atoms with E-state index in [1.54, 1.807) is 6.92 Å². The van der Waals surface area contributed by atoms with E-state index in [4.69, 9.17) is 9.84 Å². The molecule has 132 valence electrons. The molecule has 0 amide bonds. The highest BCUT2D eigenvalue weighted by atomic mass is 16.6. The number of rotatable bonds is 12. The molecular weight excluding hydrogens is 292 g/mol. The van der Waals surface area contributed by atoms with Crippen LogP contribution < -0.4 is 0 Å². The lowest BCUT2D eigenvalue weighted by Crippen LogP contribution is -2.21. The second-order valence-electron chi connectivity index (χ2n) is 6.80. The molecule has 0 aliphatic carbocycles. The Bertz CT molecular complexity index is 405. The van der Waals surface area contributed by atoms with Gasteiger partial charge in [0.05, 0.1) is 6.10 Å². The van der Waals surface area contributed by atoms with Crippen LogP contribution in [-0.4, -0.2) is 34.0 Å². The summed E-state index contributed by atoms with van der Waals surface area (Å²) in [6, 6.07) is 0. The van der Waals surface area contributed by atoms with Crippen LogP contribution in [0.3, 0.4) is 0 Å². The first-order chi connectivity index (χ1) is 10.9. The summed E-state index contributed by atoms with van der Waals surface area (Å²) < 4.78 is 5.52. The molecule has 4 heteroatoms. The van der Waals surface area contributed by atoms with E-state index in [1.807, 2.05) is 0 Å². The minimum absolute atomic E-state index is 0.0225. The van der Waals surface area contributed by atoms with E-state index in [0.29, 0.717) is 6.42 Å². The second kappa shape index (κ2) is 10.7. The molecule has 0 aromatic carbocycles. The van der Waals surface area contributed by atoms with Crippen LogP contribution in [0, 0.1) is 11.8 Å². The highest BCUT2D eigenvalue weighted by molar-refractivity contribution is 5.66. The third kappa shape index (κ3) is 10.4. The number of carbonyl (C=O) groups is 1. The van der Waals surface area contributed by atoms with Gasteiger partial charge in [-0.25, -0.2) is 0 Å². The highest BCUT2D eigenvalue weighted by Crippen LogP contribution is 2.27. The first kappa shape index (κ1) is 20.0. The molecule has 4 nitrogen and oxygen atoms in total. The fraction of sp³-hybridized carbons (Fsp3) is 0.842. The van der Waals surface area contributed by atoms with Crippen LogP contribution in [-0.2, 0) is 9.53 Å². The first-order valence-corrected chi connectivity index (χ1v) is 9.07. The van der Waals surface area contributed by atoms with Gasteiger partial charge < -0.3 is 14.9 Å². The summed E-state index contributed by atoms with van der Waals surface area (Å²) in [4.78, 5) is 10.4. The maximum absolute atomic E-state index is 10.4. The Kier molecular flexibility index (Phi) is 9.28. The summed E-state index contributed by atoms with van der Waals surface area (Å²) in [5, 5.41) is 18.8. The first-order valence-electron chi connectivity index (χ1n) is 9.07. The Balaban J connectivity index is 2.08. The predicted molar refractivity (Wildman–Crippen MR) is 91.2 cm³/mol. The van der Waals surface area contributed by atoms with Gasteiger partial charge in [0, 0.05) is 6.42 Å². The summed E-state index contributed by atoms with van der Waals surface area (Å²) >= 11 is 0. The number of epoxide rings is 1. The van der Waals surface area contributed by atoms with Crippen LogP contribution >= 0.6 is 0 Å². The average molecular weight is 324 g/mol. The minimum Gasteiger partial charge on any atom is -0.481 e. The van der Waals surface area contributed by atoms with Gasteiger partial charge in [0.15, 0.2) is 0 Å². The van der Waals surface area contributed by atoms with Crippen molar-refractivity contribution in [3.8, 4) is 11.8 Å². The standard InChI is InChI=1S/C19H32O4/c1-3-4-8-11-16-17(23-16)13-15-19(2,22)14-10-7-5-6-9-12-18(20)21/h16-17,22H,3-12,14H2,1-2H3,(H,20,21). The van der Waals surface area contributed by atoms with Crippen LogP contribution in [0.25, 0.3) is 0 Å². The molecule has 1 aliphatic heterocycles.